The van der Waals surface area contributed by atoms with Crippen LogP contribution in [0.2, 0.25) is 0 Å². The molecular formula is C21H22N6O2. The van der Waals surface area contributed by atoms with Crippen molar-refractivity contribution in [2.75, 3.05) is 37.7 Å². The molecule has 0 aliphatic carbocycles. The summed E-state index contributed by atoms with van der Waals surface area (Å²) in [6.07, 6.45) is 1.73. The number of anilines is 1. The molecule has 0 amide bonds. The number of aromatic nitrogens is 3. The molecule has 1 fully saturated rings. The van der Waals surface area contributed by atoms with Crippen molar-refractivity contribution in [2.45, 2.75) is 13.5 Å². The van der Waals surface area contributed by atoms with Crippen LogP contribution in [0.1, 0.15) is 18.4 Å². The van der Waals surface area contributed by atoms with E-state index >= 15 is 0 Å². The molecule has 8 nitrogen and oxygen atoms in total. The largest absolute Gasteiger partial charge is 0.494 e. The normalized spacial score (nSPS) is 14.6. The lowest BCUT2D eigenvalue weighted by Crippen LogP contribution is -2.46. The van der Waals surface area contributed by atoms with Gasteiger partial charge in [0.25, 0.3) is 0 Å². The fourth-order valence-electron chi connectivity index (χ4n) is 3.35. The van der Waals surface area contributed by atoms with Crippen LogP contribution in [0.5, 0.6) is 5.75 Å². The number of benzene rings is 1. The second-order valence-corrected chi connectivity index (χ2v) is 6.72. The summed E-state index contributed by atoms with van der Waals surface area (Å²) in [5, 5.41) is 13.4. The van der Waals surface area contributed by atoms with Gasteiger partial charge in [0, 0.05) is 37.9 Å². The summed E-state index contributed by atoms with van der Waals surface area (Å²) in [7, 11) is 0. The standard InChI is InChI=1S/C21H22N6O2/c1-2-28-18-7-5-16(6-8-18)20-24-19(29-25-20)15-26-10-12-27(13-11-26)21-17(14-22)4-3-9-23-21/h3-9H,2,10-13,15H2,1H3. The summed E-state index contributed by atoms with van der Waals surface area (Å²) in [6, 6.07) is 13.5. The Kier molecular flexibility index (Phi) is 5.68. The summed E-state index contributed by atoms with van der Waals surface area (Å²) in [5.41, 5.74) is 1.50. The number of piperazine rings is 1. The topological polar surface area (TPSA) is 91.3 Å². The molecule has 0 radical (unpaired) electrons. The van der Waals surface area contributed by atoms with Crippen molar-refractivity contribution >= 4 is 5.82 Å². The van der Waals surface area contributed by atoms with Gasteiger partial charge in [-0.15, -0.1) is 0 Å². The van der Waals surface area contributed by atoms with Gasteiger partial charge in [0.15, 0.2) is 0 Å². The summed E-state index contributed by atoms with van der Waals surface area (Å²) in [4.78, 5) is 13.3. The summed E-state index contributed by atoms with van der Waals surface area (Å²) in [5.74, 6) is 2.75. The van der Waals surface area contributed by atoms with Crippen molar-refractivity contribution in [1.82, 2.24) is 20.0 Å². The smallest absolute Gasteiger partial charge is 0.241 e. The SMILES string of the molecule is CCOc1ccc(-c2noc(CN3CCN(c4ncccc4C#N)CC3)n2)cc1. The molecule has 1 saturated heterocycles. The van der Waals surface area contributed by atoms with Crippen molar-refractivity contribution in [3.63, 3.8) is 0 Å². The second kappa shape index (κ2) is 8.71. The van der Waals surface area contributed by atoms with Crippen molar-refractivity contribution in [2.24, 2.45) is 0 Å². The fourth-order valence-corrected chi connectivity index (χ4v) is 3.35. The Morgan fingerprint density at radius 3 is 2.66 bits per heavy atom. The zero-order valence-electron chi connectivity index (χ0n) is 16.3. The average molecular weight is 390 g/mol. The van der Waals surface area contributed by atoms with E-state index in [9.17, 15) is 5.26 Å². The lowest BCUT2D eigenvalue weighted by molar-refractivity contribution is 0.215. The number of pyridine rings is 1. The Bertz CT molecular complexity index is 987. The molecule has 0 N–H and O–H groups in total. The van der Waals surface area contributed by atoms with Gasteiger partial charge in [0.1, 0.15) is 17.6 Å². The molecule has 0 unspecified atom stereocenters. The first-order valence-corrected chi connectivity index (χ1v) is 9.65. The van der Waals surface area contributed by atoms with Crippen molar-refractivity contribution < 1.29 is 9.26 Å². The van der Waals surface area contributed by atoms with Gasteiger partial charge in [0.05, 0.1) is 18.7 Å². The zero-order valence-corrected chi connectivity index (χ0v) is 16.3. The monoisotopic (exact) mass is 390 g/mol. The molecule has 1 aliphatic rings. The van der Waals surface area contributed by atoms with Crippen LogP contribution in [0.25, 0.3) is 11.4 Å². The predicted molar refractivity (Wildman–Crippen MR) is 107 cm³/mol. The Morgan fingerprint density at radius 2 is 1.93 bits per heavy atom. The van der Waals surface area contributed by atoms with E-state index in [2.05, 4.69) is 31.0 Å². The van der Waals surface area contributed by atoms with Gasteiger partial charge in [-0.1, -0.05) is 5.16 Å². The lowest BCUT2D eigenvalue weighted by atomic mass is 10.2. The van der Waals surface area contributed by atoms with E-state index in [1.54, 1.807) is 18.3 Å². The number of rotatable bonds is 6. The molecule has 0 atom stereocenters. The summed E-state index contributed by atoms with van der Waals surface area (Å²) < 4.78 is 10.9. The quantitative estimate of drug-likeness (QED) is 0.634. The van der Waals surface area contributed by atoms with Gasteiger partial charge in [-0.2, -0.15) is 10.2 Å². The first-order chi connectivity index (χ1) is 14.3. The van der Waals surface area contributed by atoms with E-state index in [1.807, 2.05) is 31.2 Å². The van der Waals surface area contributed by atoms with Gasteiger partial charge in [0.2, 0.25) is 11.7 Å². The summed E-state index contributed by atoms with van der Waals surface area (Å²) >= 11 is 0. The highest BCUT2D eigenvalue weighted by Gasteiger charge is 2.22. The van der Waals surface area contributed by atoms with Gasteiger partial charge >= 0.3 is 0 Å². The minimum atomic E-state index is 0.578. The Morgan fingerprint density at radius 1 is 1.14 bits per heavy atom. The number of nitriles is 1. The van der Waals surface area contributed by atoms with E-state index in [-0.39, 0.29) is 0 Å². The third-order valence-electron chi connectivity index (χ3n) is 4.83. The molecule has 4 rings (SSSR count). The van der Waals surface area contributed by atoms with Gasteiger partial charge in [-0.05, 0) is 43.3 Å². The Labute approximate surface area is 169 Å². The van der Waals surface area contributed by atoms with Crippen molar-refractivity contribution in [3.05, 3.63) is 54.0 Å². The molecule has 29 heavy (non-hydrogen) atoms. The second-order valence-electron chi connectivity index (χ2n) is 6.72. The van der Waals surface area contributed by atoms with Crippen LogP contribution in [0.3, 0.4) is 0 Å². The maximum absolute atomic E-state index is 9.27. The number of hydrogen-bond donors (Lipinski definition) is 0. The van der Waals surface area contributed by atoms with Crippen LogP contribution in [0, 0.1) is 11.3 Å². The molecule has 148 valence electrons. The van der Waals surface area contributed by atoms with Crippen molar-refractivity contribution in [3.8, 4) is 23.2 Å². The molecular weight excluding hydrogens is 368 g/mol. The molecule has 8 heteroatoms. The average Bonchev–Trinajstić information content (AvgIpc) is 3.23. The maximum atomic E-state index is 9.27. The highest BCUT2D eigenvalue weighted by molar-refractivity contribution is 5.55. The lowest BCUT2D eigenvalue weighted by Gasteiger charge is -2.34. The van der Waals surface area contributed by atoms with E-state index < -0.39 is 0 Å². The minimum Gasteiger partial charge on any atom is -0.494 e. The highest BCUT2D eigenvalue weighted by Crippen LogP contribution is 2.21. The van der Waals surface area contributed by atoms with Crippen LogP contribution < -0.4 is 9.64 Å². The van der Waals surface area contributed by atoms with Crippen LogP contribution in [-0.4, -0.2) is 52.8 Å². The zero-order chi connectivity index (χ0) is 20.1. The summed E-state index contributed by atoms with van der Waals surface area (Å²) in [6.45, 7) is 6.46. The molecule has 1 aliphatic heterocycles. The van der Waals surface area contributed by atoms with Crippen LogP contribution in [0.15, 0.2) is 47.1 Å². The highest BCUT2D eigenvalue weighted by atomic mass is 16.5. The van der Waals surface area contributed by atoms with Crippen LogP contribution in [-0.2, 0) is 6.54 Å². The maximum Gasteiger partial charge on any atom is 0.241 e. The van der Waals surface area contributed by atoms with Crippen LogP contribution in [0.4, 0.5) is 5.82 Å². The third kappa shape index (κ3) is 4.36. The van der Waals surface area contributed by atoms with Gasteiger partial charge < -0.3 is 14.2 Å². The molecule has 3 heterocycles. The first-order valence-electron chi connectivity index (χ1n) is 9.65. The van der Waals surface area contributed by atoms with E-state index in [4.69, 9.17) is 9.26 Å². The first kappa shape index (κ1) is 18.9. The Hall–Kier alpha value is -3.44. The van der Waals surface area contributed by atoms with E-state index in [1.165, 1.54) is 0 Å². The molecule has 0 spiro atoms. The molecule has 2 aromatic heterocycles. The molecule has 0 saturated carbocycles. The van der Waals surface area contributed by atoms with Crippen molar-refractivity contribution in [1.29, 1.82) is 5.26 Å². The fraction of sp³-hybridized carbons (Fsp3) is 0.333. The molecule has 0 bridgehead atoms. The molecule has 1 aromatic carbocycles. The van der Waals surface area contributed by atoms with Gasteiger partial charge in [-0.3, -0.25) is 4.90 Å². The number of nitrogens with zero attached hydrogens (tertiary/aromatic N) is 6. The van der Waals surface area contributed by atoms with E-state index in [0.29, 0.717) is 30.4 Å². The minimum absolute atomic E-state index is 0.578. The number of ether oxygens (including phenoxy) is 1. The Balaban J connectivity index is 1.35. The molecule has 3 aromatic rings. The number of hydrogen-bond acceptors (Lipinski definition) is 8. The third-order valence-corrected chi connectivity index (χ3v) is 4.83. The van der Waals surface area contributed by atoms with Crippen LogP contribution >= 0.6 is 0 Å². The van der Waals surface area contributed by atoms with E-state index in [0.717, 1.165) is 43.3 Å². The van der Waals surface area contributed by atoms with Gasteiger partial charge in [-0.25, -0.2) is 4.98 Å². The predicted octanol–water partition coefficient (Wildman–Crippen LogP) is 2.72.